The van der Waals surface area contributed by atoms with Crippen molar-refractivity contribution >= 4 is 23.4 Å². The van der Waals surface area contributed by atoms with Crippen molar-refractivity contribution in [3.8, 4) is 11.1 Å². The van der Waals surface area contributed by atoms with E-state index in [1.807, 2.05) is 84.9 Å². The highest BCUT2D eigenvalue weighted by atomic mass is 16.6. The van der Waals surface area contributed by atoms with Crippen LogP contribution in [-0.2, 0) is 9.47 Å². The van der Waals surface area contributed by atoms with Crippen LogP contribution in [-0.4, -0.2) is 56.9 Å². The molecule has 0 spiro atoms. The number of nitrogens with zero attached hydrogens (tertiary/aromatic N) is 2. The minimum absolute atomic E-state index is 0.120. The van der Waals surface area contributed by atoms with Crippen LogP contribution in [0.1, 0.15) is 23.2 Å². The van der Waals surface area contributed by atoms with Crippen molar-refractivity contribution in [1.82, 2.24) is 10.3 Å². The second kappa shape index (κ2) is 13.3. The lowest BCUT2D eigenvalue weighted by molar-refractivity contribution is 0.0548. The number of piperidine rings is 1. The van der Waals surface area contributed by atoms with Gasteiger partial charge in [-0.15, -0.1) is 0 Å². The molecule has 1 aliphatic rings. The molecule has 8 heteroatoms. The Morgan fingerprint density at radius 3 is 2.50 bits per heavy atom. The number of likely N-dealkylation sites (tertiary alicyclic amines) is 1. The van der Waals surface area contributed by atoms with Crippen LogP contribution < -0.4 is 15.8 Å². The standard InChI is InChI=1S/C30H34N4O4/c1-33(25-13-8-12-24(22-25)29(35)37-2)18-9-19-34-20-16-26(17-21-34)38-30(36)32-31-28-15-7-6-14-27(28)23-10-4-3-5-11-23/h3-15,18,22,26,31H,16-17,19-21H2,1-2H3,(H,32,36). The Balaban J connectivity index is 1.19. The first kappa shape index (κ1) is 26.8. The number of methoxy groups -OCH3 is 1. The van der Waals surface area contributed by atoms with E-state index in [1.54, 1.807) is 12.1 Å². The molecule has 2 N–H and O–H groups in total. The lowest BCUT2D eigenvalue weighted by Crippen LogP contribution is -2.40. The number of amides is 1. The zero-order valence-corrected chi connectivity index (χ0v) is 21.8. The van der Waals surface area contributed by atoms with Crippen molar-refractivity contribution in [2.24, 2.45) is 0 Å². The van der Waals surface area contributed by atoms with Crippen LogP contribution in [0.15, 0.2) is 91.1 Å². The molecule has 0 radical (unpaired) electrons. The monoisotopic (exact) mass is 514 g/mol. The number of nitrogens with one attached hydrogen (secondary N) is 2. The van der Waals surface area contributed by atoms with E-state index in [1.165, 1.54) is 7.11 Å². The Morgan fingerprint density at radius 2 is 1.74 bits per heavy atom. The molecule has 4 rings (SSSR count). The maximum Gasteiger partial charge on any atom is 0.426 e. The number of rotatable bonds is 9. The van der Waals surface area contributed by atoms with E-state index in [9.17, 15) is 9.59 Å². The Kier molecular flexibility index (Phi) is 9.37. The fraction of sp³-hybridized carbons (Fsp3) is 0.267. The Bertz CT molecular complexity index is 1240. The Morgan fingerprint density at radius 1 is 1.00 bits per heavy atom. The van der Waals surface area contributed by atoms with Crippen LogP contribution in [0.25, 0.3) is 11.1 Å². The summed E-state index contributed by atoms with van der Waals surface area (Å²) in [5.74, 6) is -0.351. The fourth-order valence-electron chi connectivity index (χ4n) is 4.38. The zero-order valence-electron chi connectivity index (χ0n) is 21.8. The molecule has 0 aliphatic carbocycles. The number of ether oxygens (including phenoxy) is 2. The normalized spacial score (nSPS) is 14.2. The summed E-state index contributed by atoms with van der Waals surface area (Å²) in [7, 11) is 3.32. The summed E-state index contributed by atoms with van der Waals surface area (Å²) in [5, 5.41) is 0. The maximum atomic E-state index is 12.4. The summed E-state index contributed by atoms with van der Waals surface area (Å²) < 4.78 is 10.4. The van der Waals surface area contributed by atoms with Gasteiger partial charge in [0.1, 0.15) is 6.10 Å². The molecule has 1 heterocycles. The molecule has 3 aromatic carbocycles. The number of benzene rings is 3. The largest absolute Gasteiger partial charge is 0.465 e. The molecule has 38 heavy (non-hydrogen) atoms. The quantitative estimate of drug-likeness (QED) is 0.296. The minimum atomic E-state index is -0.484. The highest BCUT2D eigenvalue weighted by Crippen LogP contribution is 2.27. The van der Waals surface area contributed by atoms with Gasteiger partial charge in [0.15, 0.2) is 0 Å². The highest BCUT2D eigenvalue weighted by Gasteiger charge is 2.22. The van der Waals surface area contributed by atoms with Gasteiger partial charge in [0.25, 0.3) is 0 Å². The summed E-state index contributed by atoms with van der Waals surface area (Å²) >= 11 is 0. The molecular weight excluding hydrogens is 480 g/mol. The minimum Gasteiger partial charge on any atom is -0.465 e. The van der Waals surface area contributed by atoms with Gasteiger partial charge in [-0.2, -0.15) is 0 Å². The number of hydrogen-bond donors (Lipinski definition) is 2. The van der Waals surface area contributed by atoms with Crippen LogP contribution in [0.2, 0.25) is 0 Å². The number of carbonyl (C=O) groups excluding carboxylic acids is 2. The lowest BCUT2D eigenvalue weighted by atomic mass is 10.0. The molecule has 1 aliphatic heterocycles. The van der Waals surface area contributed by atoms with Crippen molar-refractivity contribution in [2.45, 2.75) is 18.9 Å². The van der Waals surface area contributed by atoms with Gasteiger partial charge in [0.05, 0.1) is 18.4 Å². The van der Waals surface area contributed by atoms with Crippen LogP contribution in [0, 0.1) is 0 Å². The Hall–Kier alpha value is -4.30. The molecule has 0 saturated carbocycles. The maximum absolute atomic E-state index is 12.4. The fourth-order valence-corrected chi connectivity index (χ4v) is 4.38. The summed E-state index contributed by atoms with van der Waals surface area (Å²) in [6, 6.07) is 25.1. The average molecular weight is 515 g/mol. The third kappa shape index (κ3) is 7.36. The molecule has 1 amide bonds. The van der Waals surface area contributed by atoms with Crippen molar-refractivity contribution in [3.63, 3.8) is 0 Å². The second-order valence-corrected chi connectivity index (χ2v) is 9.10. The number of para-hydroxylation sites is 1. The van der Waals surface area contributed by atoms with Gasteiger partial charge in [0.2, 0.25) is 0 Å². The first-order chi connectivity index (χ1) is 18.5. The summed E-state index contributed by atoms with van der Waals surface area (Å²) in [6.45, 7) is 2.47. The van der Waals surface area contributed by atoms with E-state index in [0.29, 0.717) is 5.56 Å². The van der Waals surface area contributed by atoms with Crippen molar-refractivity contribution in [3.05, 3.63) is 96.7 Å². The van der Waals surface area contributed by atoms with Gasteiger partial charge >= 0.3 is 12.1 Å². The molecule has 0 aromatic heterocycles. The molecule has 198 valence electrons. The van der Waals surface area contributed by atoms with E-state index in [4.69, 9.17) is 9.47 Å². The van der Waals surface area contributed by atoms with Gasteiger partial charge in [-0.1, -0.05) is 60.7 Å². The molecule has 3 aromatic rings. The smallest absolute Gasteiger partial charge is 0.426 e. The number of esters is 1. The highest BCUT2D eigenvalue weighted by molar-refractivity contribution is 5.90. The van der Waals surface area contributed by atoms with Crippen molar-refractivity contribution in [1.29, 1.82) is 0 Å². The first-order valence-corrected chi connectivity index (χ1v) is 12.7. The molecule has 1 saturated heterocycles. The molecule has 8 nitrogen and oxygen atoms in total. The molecule has 0 bridgehead atoms. The SMILES string of the molecule is COC(=O)c1cccc(N(C)C=CCN2CCC(OC(=O)NNc3ccccc3-c3ccccc3)CC2)c1. The van der Waals surface area contributed by atoms with Crippen LogP contribution in [0.5, 0.6) is 0 Å². The second-order valence-electron chi connectivity index (χ2n) is 9.10. The third-order valence-corrected chi connectivity index (χ3v) is 6.49. The van der Waals surface area contributed by atoms with Crippen LogP contribution >= 0.6 is 0 Å². The first-order valence-electron chi connectivity index (χ1n) is 12.7. The predicted octanol–water partition coefficient (Wildman–Crippen LogP) is 5.31. The van der Waals surface area contributed by atoms with Crippen molar-refractivity contribution in [2.75, 3.05) is 44.1 Å². The van der Waals surface area contributed by atoms with E-state index in [-0.39, 0.29) is 12.1 Å². The van der Waals surface area contributed by atoms with Gasteiger partial charge < -0.3 is 14.4 Å². The third-order valence-electron chi connectivity index (χ3n) is 6.49. The van der Waals surface area contributed by atoms with Gasteiger partial charge in [-0.3, -0.25) is 10.3 Å². The lowest BCUT2D eigenvalue weighted by Gasteiger charge is -2.31. The number of carbonyl (C=O) groups is 2. The number of hydrazine groups is 1. The average Bonchev–Trinajstić information content (AvgIpc) is 2.97. The van der Waals surface area contributed by atoms with E-state index >= 15 is 0 Å². The van der Waals surface area contributed by atoms with E-state index in [2.05, 4.69) is 21.8 Å². The van der Waals surface area contributed by atoms with E-state index < -0.39 is 6.09 Å². The topological polar surface area (TPSA) is 83.1 Å². The number of anilines is 2. The predicted molar refractivity (Wildman–Crippen MR) is 150 cm³/mol. The van der Waals surface area contributed by atoms with Crippen LogP contribution in [0.4, 0.5) is 16.2 Å². The number of hydrogen-bond acceptors (Lipinski definition) is 7. The molecule has 0 atom stereocenters. The summed E-state index contributed by atoms with van der Waals surface area (Å²) in [5.41, 5.74) is 9.96. The van der Waals surface area contributed by atoms with Crippen molar-refractivity contribution < 1.29 is 19.1 Å². The van der Waals surface area contributed by atoms with E-state index in [0.717, 1.165) is 55.0 Å². The van der Waals surface area contributed by atoms with Gasteiger partial charge in [-0.05, 0) is 42.7 Å². The summed E-state index contributed by atoms with van der Waals surface area (Å²) in [4.78, 5) is 28.5. The molecule has 1 fully saturated rings. The van der Waals surface area contributed by atoms with Crippen LogP contribution in [0.3, 0.4) is 0 Å². The van der Waals surface area contributed by atoms with Gasteiger partial charge in [0, 0.05) is 44.1 Å². The molecule has 0 unspecified atom stereocenters. The van der Waals surface area contributed by atoms with Gasteiger partial charge in [-0.25, -0.2) is 15.0 Å². The molecular formula is C30H34N4O4. The Labute approximate surface area is 223 Å². The summed E-state index contributed by atoms with van der Waals surface area (Å²) in [6.07, 6.45) is 5.03. The zero-order chi connectivity index (χ0) is 26.7.